The highest BCUT2D eigenvalue weighted by molar-refractivity contribution is 5.94. The summed E-state index contributed by atoms with van der Waals surface area (Å²) in [6, 6.07) is 10.0. The van der Waals surface area contributed by atoms with E-state index >= 15 is 0 Å². The first-order valence-corrected chi connectivity index (χ1v) is 5.93. The van der Waals surface area contributed by atoms with Crippen LogP contribution in [0.3, 0.4) is 0 Å². The molecule has 0 aliphatic carbocycles. The van der Waals surface area contributed by atoms with E-state index in [1.807, 2.05) is 37.3 Å². The van der Waals surface area contributed by atoms with Crippen LogP contribution in [-0.2, 0) is 10.3 Å². The largest absolute Gasteiger partial charge is 0.336 e. The minimum Gasteiger partial charge on any atom is -0.336 e. The summed E-state index contributed by atoms with van der Waals surface area (Å²) in [5.41, 5.74) is 0.782. The van der Waals surface area contributed by atoms with Gasteiger partial charge < -0.3 is 5.32 Å². The van der Waals surface area contributed by atoms with Crippen LogP contribution in [0.2, 0.25) is 0 Å². The van der Waals surface area contributed by atoms with E-state index in [-0.39, 0.29) is 11.4 Å². The molecule has 0 fully saturated rings. The van der Waals surface area contributed by atoms with Crippen molar-refractivity contribution in [3.05, 3.63) is 35.9 Å². The third-order valence-corrected chi connectivity index (χ3v) is 2.79. The van der Waals surface area contributed by atoms with Crippen molar-refractivity contribution >= 4 is 5.91 Å². The summed E-state index contributed by atoms with van der Waals surface area (Å²) in [5, 5.41) is 3.00. The van der Waals surface area contributed by atoms with Gasteiger partial charge in [-0.3, -0.25) is 4.79 Å². The van der Waals surface area contributed by atoms with Gasteiger partial charge in [-0.05, 0) is 31.8 Å². The van der Waals surface area contributed by atoms with Crippen LogP contribution >= 0.6 is 0 Å². The van der Waals surface area contributed by atoms with Crippen molar-refractivity contribution in [2.45, 2.75) is 39.2 Å². The first-order chi connectivity index (χ1) is 8.12. The summed E-state index contributed by atoms with van der Waals surface area (Å²) in [6.07, 6.45) is 1.90. The predicted molar refractivity (Wildman–Crippen MR) is 70.3 cm³/mol. The van der Waals surface area contributed by atoms with Gasteiger partial charge in [0, 0.05) is 0 Å². The highest BCUT2D eigenvalue weighted by atomic mass is 16.1. The molecule has 0 heterocycles. The third kappa shape index (κ3) is 3.64. The summed E-state index contributed by atoms with van der Waals surface area (Å²) in [7, 11) is 0. The fourth-order valence-electron chi connectivity index (χ4n) is 1.98. The van der Waals surface area contributed by atoms with Crippen molar-refractivity contribution < 1.29 is 4.79 Å². The van der Waals surface area contributed by atoms with Crippen molar-refractivity contribution in [2.24, 2.45) is 0 Å². The van der Waals surface area contributed by atoms with E-state index in [4.69, 9.17) is 0 Å². The van der Waals surface area contributed by atoms with Gasteiger partial charge in [-0.2, -0.15) is 0 Å². The Kier molecular flexibility index (Phi) is 4.78. The Morgan fingerprint density at radius 2 is 2.00 bits per heavy atom. The molecular formula is C15H19NO. The Bertz CT molecular complexity index is 427. The molecule has 0 spiro atoms. The molecule has 1 N–H and O–H groups in total. The Hall–Kier alpha value is -1.75. The summed E-state index contributed by atoms with van der Waals surface area (Å²) in [4.78, 5) is 11.6. The van der Waals surface area contributed by atoms with Gasteiger partial charge in [0.1, 0.15) is 0 Å². The smallest absolute Gasteiger partial charge is 0.296 e. The number of hydrogen-bond acceptors (Lipinski definition) is 1. The fourth-order valence-corrected chi connectivity index (χ4v) is 1.98. The van der Waals surface area contributed by atoms with Crippen molar-refractivity contribution in [3.8, 4) is 11.8 Å². The molecule has 1 unspecified atom stereocenters. The van der Waals surface area contributed by atoms with Gasteiger partial charge in [-0.25, -0.2) is 0 Å². The van der Waals surface area contributed by atoms with E-state index in [0.29, 0.717) is 0 Å². The second-order valence-electron chi connectivity index (χ2n) is 4.28. The summed E-state index contributed by atoms with van der Waals surface area (Å²) >= 11 is 0. The number of carbonyl (C=O) groups excluding carboxylic acids is 1. The monoisotopic (exact) mass is 229 g/mol. The number of rotatable bonds is 4. The molecule has 2 heteroatoms. The van der Waals surface area contributed by atoms with E-state index in [1.54, 1.807) is 6.92 Å². The maximum absolute atomic E-state index is 11.6. The van der Waals surface area contributed by atoms with E-state index in [0.717, 1.165) is 18.4 Å². The van der Waals surface area contributed by atoms with Crippen molar-refractivity contribution in [3.63, 3.8) is 0 Å². The molecule has 90 valence electrons. The molecule has 0 radical (unpaired) electrons. The highest BCUT2D eigenvalue weighted by Crippen LogP contribution is 2.25. The number of nitrogens with one attached hydrogen (secondary N) is 1. The van der Waals surface area contributed by atoms with Crippen molar-refractivity contribution in [1.82, 2.24) is 5.32 Å². The molecule has 0 saturated carbocycles. The molecule has 1 amide bonds. The standard InChI is InChI=1S/C15H19NO/c1-4-9-14(17)16-15(3,12-5-2)13-10-7-6-8-11-13/h6-8,10-11H,5,12H2,1-3H3,(H,16,17). The molecule has 17 heavy (non-hydrogen) atoms. The first-order valence-electron chi connectivity index (χ1n) is 5.93. The highest BCUT2D eigenvalue weighted by Gasteiger charge is 2.26. The number of amides is 1. The van der Waals surface area contributed by atoms with Crippen LogP contribution in [0.4, 0.5) is 0 Å². The molecule has 1 aromatic carbocycles. The van der Waals surface area contributed by atoms with Crippen LogP contribution in [0.1, 0.15) is 39.2 Å². The topological polar surface area (TPSA) is 29.1 Å². The molecule has 0 saturated heterocycles. The Morgan fingerprint density at radius 1 is 1.35 bits per heavy atom. The number of hydrogen-bond donors (Lipinski definition) is 1. The van der Waals surface area contributed by atoms with Gasteiger partial charge in [0.25, 0.3) is 5.91 Å². The van der Waals surface area contributed by atoms with Crippen LogP contribution in [0.15, 0.2) is 30.3 Å². The van der Waals surface area contributed by atoms with Gasteiger partial charge in [0.15, 0.2) is 0 Å². The zero-order valence-electron chi connectivity index (χ0n) is 10.7. The molecule has 1 aromatic rings. The van der Waals surface area contributed by atoms with E-state index < -0.39 is 0 Å². The second-order valence-corrected chi connectivity index (χ2v) is 4.28. The molecule has 0 aromatic heterocycles. The zero-order valence-corrected chi connectivity index (χ0v) is 10.7. The van der Waals surface area contributed by atoms with Gasteiger partial charge in [0.05, 0.1) is 5.54 Å². The molecule has 0 aliphatic heterocycles. The lowest BCUT2D eigenvalue weighted by Crippen LogP contribution is -2.42. The number of carbonyl (C=O) groups is 1. The van der Waals surface area contributed by atoms with Gasteiger partial charge in [-0.15, -0.1) is 0 Å². The molecular weight excluding hydrogens is 210 g/mol. The Balaban J connectivity index is 2.96. The lowest BCUT2D eigenvalue weighted by molar-refractivity contribution is -0.117. The summed E-state index contributed by atoms with van der Waals surface area (Å²) in [5.74, 6) is 4.94. The minimum absolute atomic E-state index is 0.215. The number of benzene rings is 1. The van der Waals surface area contributed by atoms with E-state index in [9.17, 15) is 4.79 Å². The van der Waals surface area contributed by atoms with Gasteiger partial charge >= 0.3 is 0 Å². The Labute approximate surface area is 103 Å². The van der Waals surface area contributed by atoms with E-state index in [1.165, 1.54) is 0 Å². The minimum atomic E-state index is -0.336. The molecule has 0 bridgehead atoms. The predicted octanol–water partition coefficient (Wildman–Crippen LogP) is 2.84. The van der Waals surface area contributed by atoms with Crippen molar-refractivity contribution in [2.75, 3.05) is 0 Å². The average molecular weight is 229 g/mol. The molecule has 1 atom stereocenters. The Morgan fingerprint density at radius 3 is 2.53 bits per heavy atom. The summed E-state index contributed by atoms with van der Waals surface area (Å²) in [6.45, 7) is 5.82. The average Bonchev–Trinajstić information content (AvgIpc) is 2.30. The van der Waals surface area contributed by atoms with Crippen LogP contribution in [0, 0.1) is 11.8 Å². The normalized spacial score (nSPS) is 13.1. The second kappa shape index (κ2) is 6.10. The van der Waals surface area contributed by atoms with Crippen molar-refractivity contribution in [1.29, 1.82) is 0 Å². The van der Waals surface area contributed by atoms with Crippen LogP contribution in [0.25, 0.3) is 0 Å². The third-order valence-electron chi connectivity index (χ3n) is 2.79. The van der Waals surface area contributed by atoms with Crippen LogP contribution < -0.4 is 5.32 Å². The van der Waals surface area contributed by atoms with Crippen LogP contribution in [-0.4, -0.2) is 5.91 Å². The first kappa shape index (κ1) is 13.3. The van der Waals surface area contributed by atoms with Crippen LogP contribution in [0.5, 0.6) is 0 Å². The lowest BCUT2D eigenvalue weighted by atomic mass is 9.87. The molecule has 1 rings (SSSR count). The lowest BCUT2D eigenvalue weighted by Gasteiger charge is -2.30. The SMILES string of the molecule is CC#CC(=O)NC(C)(CCC)c1ccccc1. The van der Waals surface area contributed by atoms with Gasteiger partial charge in [0.2, 0.25) is 0 Å². The van der Waals surface area contributed by atoms with E-state index in [2.05, 4.69) is 24.1 Å². The maximum atomic E-state index is 11.6. The van der Waals surface area contributed by atoms with Gasteiger partial charge in [-0.1, -0.05) is 49.6 Å². The maximum Gasteiger partial charge on any atom is 0.296 e. The zero-order chi connectivity index (χ0) is 12.7. The molecule has 0 aliphatic rings. The fraction of sp³-hybridized carbons (Fsp3) is 0.400. The quantitative estimate of drug-likeness (QED) is 0.790. The summed E-state index contributed by atoms with van der Waals surface area (Å²) < 4.78 is 0. The molecule has 2 nitrogen and oxygen atoms in total.